The van der Waals surface area contributed by atoms with Gasteiger partial charge in [-0.25, -0.2) is 0 Å². The van der Waals surface area contributed by atoms with Crippen LogP contribution in [0.4, 0.5) is 0 Å². The van der Waals surface area contributed by atoms with Gasteiger partial charge < -0.3 is 30.1 Å². The van der Waals surface area contributed by atoms with Crippen LogP contribution in [0.1, 0.15) is 12.5 Å². The van der Waals surface area contributed by atoms with E-state index >= 15 is 0 Å². The van der Waals surface area contributed by atoms with Crippen molar-refractivity contribution in [2.24, 2.45) is 0 Å². The summed E-state index contributed by atoms with van der Waals surface area (Å²) in [5.41, 5.74) is 0.828. The summed E-state index contributed by atoms with van der Waals surface area (Å²) in [7, 11) is 0. The molecule has 1 saturated heterocycles. The lowest BCUT2D eigenvalue weighted by Gasteiger charge is -2.44. The molecule has 1 amide bonds. The number of aliphatic hydroxyl groups excluding tert-OH is 4. The number of amides is 1. The minimum atomic E-state index is -1.51. The zero-order valence-electron chi connectivity index (χ0n) is 12.2. The van der Waals surface area contributed by atoms with E-state index in [4.69, 9.17) is 4.74 Å². The molecule has 2 rings (SSSR count). The van der Waals surface area contributed by atoms with Crippen LogP contribution in [0.25, 0.3) is 0 Å². The number of hydrogen-bond donors (Lipinski definition) is 4. The average Bonchev–Trinajstić information content (AvgIpc) is 2.52. The molecule has 0 aromatic heterocycles. The van der Waals surface area contributed by atoms with Crippen LogP contribution < -0.4 is 0 Å². The molecule has 0 saturated carbocycles. The van der Waals surface area contributed by atoms with Crippen molar-refractivity contribution in [3.63, 3.8) is 0 Å². The SMILES string of the molecule is CC(=O)N(Cc1ccccc1)[C@@H]1O[C@H](CO)[C@H](O)[C@H](O)[C@H]1O. The number of ether oxygens (including phenoxy) is 1. The van der Waals surface area contributed by atoms with E-state index in [1.807, 2.05) is 30.3 Å². The smallest absolute Gasteiger partial charge is 0.221 e. The molecule has 7 heteroatoms. The zero-order valence-corrected chi connectivity index (χ0v) is 12.2. The number of carbonyl (C=O) groups excluding carboxylic acids is 1. The predicted octanol–water partition coefficient (Wildman–Crippen LogP) is -1.17. The summed E-state index contributed by atoms with van der Waals surface area (Å²) in [5.74, 6) is -0.354. The molecule has 1 aliphatic heterocycles. The second kappa shape index (κ2) is 7.17. The van der Waals surface area contributed by atoms with Gasteiger partial charge in [-0.05, 0) is 5.56 Å². The first-order valence-corrected chi connectivity index (χ1v) is 7.07. The first-order valence-electron chi connectivity index (χ1n) is 7.07. The fourth-order valence-electron chi connectivity index (χ4n) is 2.50. The number of carbonyl (C=O) groups is 1. The molecule has 1 fully saturated rings. The summed E-state index contributed by atoms with van der Waals surface area (Å²) in [6.07, 6.45) is -6.60. The highest BCUT2D eigenvalue weighted by atomic mass is 16.6. The number of hydrogen-bond acceptors (Lipinski definition) is 6. The highest BCUT2D eigenvalue weighted by Gasteiger charge is 2.46. The van der Waals surface area contributed by atoms with Crippen LogP contribution in [0, 0.1) is 0 Å². The quantitative estimate of drug-likeness (QED) is 0.558. The number of aliphatic hydroxyl groups is 4. The molecule has 1 aromatic carbocycles. The molecule has 0 spiro atoms. The van der Waals surface area contributed by atoms with Gasteiger partial charge in [0.1, 0.15) is 24.4 Å². The maximum Gasteiger partial charge on any atom is 0.221 e. The Morgan fingerprint density at radius 3 is 2.32 bits per heavy atom. The Bertz CT molecular complexity index is 494. The van der Waals surface area contributed by atoms with Gasteiger partial charge in [0.05, 0.1) is 6.61 Å². The first-order chi connectivity index (χ1) is 10.5. The lowest BCUT2D eigenvalue weighted by Crippen LogP contribution is -2.63. The molecule has 0 bridgehead atoms. The molecule has 122 valence electrons. The van der Waals surface area contributed by atoms with E-state index in [2.05, 4.69) is 0 Å². The van der Waals surface area contributed by atoms with Gasteiger partial charge >= 0.3 is 0 Å². The van der Waals surface area contributed by atoms with Crippen molar-refractivity contribution in [3.8, 4) is 0 Å². The van der Waals surface area contributed by atoms with E-state index in [1.165, 1.54) is 11.8 Å². The third kappa shape index (κ3) is 3.45. The number of rotatable bonds is 4. The van der Waals surface area contributed by atoms with Crippen LogP contribution in [0.5, 0.6) is 0 Å². The van der Waals surface area contributed by atoms with Crippen LogP contribution >= 0.6 is 0 Å². The lowest BCUT2D eigenvalue weighted by atomic mass is 9.97. The molecule has 1 aliphatic rings. The maximum absolute atomic E-state index is 11.9. The Labute approximate surface area is 128 Å². The molecule has 1 heterocycles. The molecular weight excluding hydrogens is 290 g/mol. The summed E-state index contributed by atoms with van der Waals surface area (Å²) in [4.78, 5) is 13.2. The molecule has 5 atom stereocenters. The number of nitrogens with zero attached hydrogens (tertiary/aromatic N) is 1. The maximum atomic E-state index is 11.9. The number of benzene rings is 1. The van der Waals surface area contributed by atoms with Crippen LogP contribution in [0.3, 0.4) is 0 Å². The molecule has 22 heavy (non-hydrogen) atoms. The minimum Gasteiger partial charge on any atom is -0.394 e. The van der Waals surface area contributed by atoms with Crippen LogP contribution in [0.15, 0.2) is 30.3 Å². The topological polar surface area (TPSA) is 110 Å². The van der Waals surface area contributed by atoms with Gasteiger partial charge in [0.15, 0.2) is 6.23 Å². The lowest BCUT2D eigenvalue weighted by molar-refractivity contribution is -0.263. The van der Waals surface area contributed by atoms with Gasteiger partial charge in [-0.1, -0.05) is 30.3 Å². The van der Waals surface area contributed by atoms with E-state index in [1.54, 1.807) is 0 Å². The van der Waals surface area contributed by atoms with Crippen LogP contribution in [-0.2, 0) is 16.1 Å². The highest BCUT2D eigenvalue weighted by molar-refractivity contribution is 5.73. The molecule has 0 aliphatic carbocycles. The van der Waals surface area contributed by atoms with Crippen molar-refractivity contribution in [2.75, 3.05) is 6.61 Å². The van der Waals surface area contributed by atoms with Crippen molar-refractivity contribution >= 4 is 5.91 Å². The zero-order chi connectivity index (χ0) is 16.3. The summed E-state index contributed by atoms with van der Waals surface area (Å²) in [6.45, 7) is 0.974. The third-order valence-corrected chi connectivity index (χ3v) is 3.77. The van der Waals surface area contributed by atoms with Gasteiger partial charge in [0, 0.05) is 13.5 Å². The van der Waals surface area contributed by atoms with E-state index in [9.17, 15) is 25.2 Å². The van der Waals surface area contributed by atoms with E-state index in [0.717, 1.165) is 5.56 Å². The predicted molar refractivity (Wildman–Crippen MR) is 76.4 cm³/mol. The largest absolute Gasteiger partial charge is 0.394 e. The Balaban J connectivity index is 2.21. The fourth-order valence-corrected chi connectivity index (χ4v) is 2.50. The van der Waals surface area contributed by atoms with Crippen molar-refractivity contribution in [2.45, 2.75) is 44.1 Å². The highest BCUT2D eigenvalue weighted by Crippen LogP contribution is 2.25. The molecular formula is C15H21NO6. The van der Waals surface area contributed by atoms with Gasteiger partial charge in [-0.3, -0.25) is 4.79 Å². The molecule has 4 N–H and O–H groups in total. The Kier molecular flexibility index (Phi) is 5.49. The second-order valence-corrected chi connectivity index (χ2v) is 5.35. The normalized spacial score (nSPS) is 31.8. The van der Waals surface area contributed by atoms with E-state index < -0.39 is 37.3 Å². The fraction of sp³-hybridized carbons (Fsp3) is 0.533. The summed E-state index contributed by atoms with van der Waals surface area (Å²) >= 11 is 0. The standard InChI is InChI=1S/C15H21NO6/c1-9(18)16(7-10-5-3-2-4-6-10)15-14(21)13(20)12(19)11(8-17)22-15/h2-6,11-15,17,19-21H,7-8H2,1H3/t11-,12+,13+,14-,15-/m1/s1. The average molecular weight is 311 g/mol. The third-order valence-electron chi connectivity index (χ3n) is 3.77. The Morgan fingerprint density at radius 2 is 1.77 bits per heavy atom. The second-order valence-electron chi connectivity index (χ2n) is 5.35. The minimum absolute atomic E-state index is 0.179. The van der Waals surface area contributed by atoms with Crippen molar-refractivity contribution < 1.29 is 30.0 Å². The van der Waals surface area contributed by atoms with E-state index in [0.29, 0.717) is 0 Å². The summed E-state index contributed by atoms with van der Waals surface area (Å²) in [6, 6.07) is 9.12. The van der Waals surface area contributed by atoms with Crippen LogP contribution in [0.2, 0.25) is 0 Å². The Morgan fingerprint density at radius 1 is 1.14 bits per heavy atom. The van der Waals surface area contributed by atoms with Gasteiger partial charge in [0.25, 0.3) is 0 Å². The van der Waals surface area contributed by atoms with Gasteiger partial charge in [-0.15, -0.1) is 0 Å². The molecule has 7 nitrogen and oxygen atoms in total. The van der Waals surface area contributed by atoms with Gasteiger partial charge in [0.2, 0.25) is 5.91 Å². The van der Waals surface area contributed by atoms with Crippen LogP contribution in [-0.4, -0.2) is 68.5 Å². The summed E-state index contributed by atoms with van der Waals surface area (Å²) < 4.78 is 5.42. The summed E-state index contributed by atoms with van der Waals surface area (Å²) in [5, 5.41) is 38.9. The van der Waals surface area contributed by atoms with Crippen molar-refractivity contribution in [1.82, 2.24) is 4.90 Å². The van der Waals surface area contributed by atoms with Crippen molar-refractivity contribution in [1.29, 1.82) is 0 Å². The Hall–Kier alpha value is -1.51. The molecule has 1 aromatic rings. The van der Waals surface area contributed by atoms with Crippen molar-refractivity contribution in [3.05, 3.63) is 35.9 Å². The van der Waals surface area contributed by atoms with Gasteiger partial charge in [-0.2, -0.15) is 0 Å². The molecule has 0 radical (unpaired) electrons. The first kappa shape index (κ1) is 16.9. The monoisotopic (exact) mass is 311 g/mol. The van der Waals surface area contributed by atoms with E-state index in [-0.39, 0.29) is 12.5 Å². The molecule has 0 unspecified atom stereocenters.